The summed E-state index contributed by atoms with van der Waals surface area (Å²) in [5, 5.41) is 20.5. The monoisotopic (exact) mass is 386 g/mol. The molecule has 3 N–H and O–H groups in total. The quantitative estimate of drug-likeness (QED) is 0.199. The molecule has 0 aliphatic carbocycles. The van der Waals surface area contributed by atoms with Gasteiger partial charge in [-0.25, -0.2) is 4.79 Å². The molecule has 5 heteroatoms. The van der Waals surface area contributed by atoms with E-state index in [-0.39, 0.29) is 25.9 Å². The van der Waals surface area contributed by atoms with Crippen molar-refractivity contribution in [2.45, 2.75) is 110 Å². The van der Waals surface area contributed by atoms with E-state index in [2.05, 4.69) is 12.2 Å². The van der Waals surface area contributed by atoms with Crippen LogP contribution in [0.4, 0.5) is 4.79 Å². The molecule has 0 spiro atoms. The van der Waals surface area contributed by atoms with Crippen LogP contribution in [0.25, 0.3) is 0 Å². The number of amides is 2. The van der Waals surface area contributed by atoms with Gasteiger partial charge in [0.05, 0.1) is 6.61 Å². The molecule has 5 nitrogen and oxygen atoms in total. The third kappa shape index (κ3) is 18.3. The first-order chi connectivity index (χ1) is 13.3. The molecule has 162 valence electrons. The minimum absolute atomic E-state index is 0.0793. The largest absolute Gasteiger partial charge is 0.395 e. The molecular weight excluding hydrogens is 340 g/mol. The van der Waals surface area contributed by atoms with Crippen LogP contribution in [-0.2, 0) is 0 Å². The number of aliphatic hydroxyl groups is 2. The average Bonchev–Trinajstić information content (AvgIpc) is 2.68. The van der Waals surface area contributed by atoms with Gasteiger partial charge >= 0.3 is 6.03 Å². The molecule has 2 amide bonds. The summed E-state index contributed by atoms with van der Waals surface area (Å²) in [6.07, 6.45) is 21.2. The topological polar surface area (TPSA) is 72.8 Å². The summed E-state index contributed by atoms with van der Waals surface area (Å²) >= 11 is 0. The van der Waals surface area contributed by atoms with Crippen LogP contribution in [0, 0.1) is 0 Å². The highest BCUT2D eigenvalue weighted by molar-refractivity contribution is 5.73. The van der Waals surface area contributed by atoms with Crippen LogP contribution in [0.2, 0.25) is 0 Å². The van der Waals surface area contributed by atoms with E-state index in [9.17, 15) is 9.90 Å². The average molecular weight is 387 g/mol. The second kappa shape index (κ2) is 21.5. The van der Waals surface area contributed by atoms with Gasteiger partial charge in [-0.1, -0.05) is 103 Å². The van der Waals surface area contributed by atoms with Gasteiger partial charge in [0.25, 0.3) is 0 Å². The Morgan fingerprint density at radius 3 is 1.48 bits per heavy atom. The van der Waals surface area contributed by atoms with E-state index in [1.54, 1.807) is 0 Å². The molecule has 0 saturated heterocycles. The minimum atomic E-state index is -0.299. The van der Waals surface area contributed by atoms with E-state index >= 15 is 0 Å². The van der Waals surface area contributed by atoms with E-state index in [1.165, 1.54) is 94.8 Å². The number of hydrogen-bond acceptors (Lipinski definition) is 3. The zero-order chi connectivity index (χ0) is 20.0. The highest BCUT2D eigenvalue weighted by Gasteiger charge is 2.10. The van der Waals surface area contributed by atoms with Crippen LogP contribution in [0.5, 0.6) is 0 Å². The molecule has 0 aliphatic heterocycles. The van der Waals surface area contributed by atoms with Crippen molar-refractivity contribution in [3.63, 3.8) is 0 Å². The van der Waals surface area contributed by atoms with Crippen molar-refractivity contribution in [1.82, 2.24) is 10.2 Å². The fourth-order valence-corrected chi connectivity index (χ4v) is 3.36. The SMILES string of the molecule is CCCCCCCCCCCCCCCCCCN(CO)C(=O)NCCO. The molecule has 0 saturated carbocycles. The summed E-state index contributed by atoms with van der Waals surface area (Å²) in [7, 11) is 0. The standard InChI is InChI=1S/C22H46N2O3/c1-2-3-4-5-6-7-8-9-10-11-12-13-14-15-16-17-19-24(21-26)22(27)23-18-20-25/h25-26H,2-21H2,1H3,(H,23,27). The molecule has 0 aromatic carbocycles. The number of rotatable bonds is 20. The van der Waals surface area contributed by atoms with Crippen molar-refractivity contribution in [3.05, 3.63) is 0 Å². The van der Waals surface area contributed by atoms with E-state index in [1.807, 2.05) is 0 Å². The molecule has 0 bridgehead atoms. The Morgan fingerprint density at radius 1 is 0.704 bits per heavy atom. The normalized spacial score (nSPS) is 10.9. The van der Waals surface area contributed by atoms with Crippen LogP contribution in [0.1, 0.15) is 110 Å². The third-order valence-corrected chi connectivity index (χ3v) is 5.13. The van der Waals surface area contributed by atoms with Gasteiger partial charge in [0.1, 0.15) is 6.73 Å². The van der Waals surface area contributed by atoms with Crippen LogP contribution < -0.4 is 5.32 Å². The second-order valence-electron chi connectivity index (χ2n) is 7.66. The lowest BCUT2D eigenvalue weighted by molar-refractivity contribution is 0.119. The minimum Gasteiger partial charge on any atom is -0.395 e. The molecule has 0 radical (unpaired) electrons. The molecule has 0 aromatic rings. The summed E-state index contributed by atoms with van der Waals surface area (Å²) < 4.78 is 0. The summed E-state index contributed by atoms with van der Waals surface area (Å²) in [6.45, 7) is 2.73. The predicted octanol–water partition coefficient (Wildman–Crippen LogP) is 5.20. The molecule has 0 fully saturated rings. The molecule has 0 rings (SSSR count). The van der Waals surface area contributed by atoms with E-state index in [0.717, 1.165) is 12.8 Å². The van der Waals surface area contributed by atoms with Gasteiger partial charge in [-0.05, 0) is 6.42 Å². The van der Waals surface area contributed by atoms with Crippen molar-refractivity contribution in [2.24, 2.45) is 0 Å². The molecule has 0 aromatic heterocycles. The molecule has 27 heavy (non-hydrogen) atoms. The zero-order valence-electron chi connectivity index (χ0n) is 17.9. The van der Waals surface area contributed by atoms with Gasteiger partial charge in [-0.3, -0.25) is 0 Å². The number of urea groups is 1. The number of carbonyl (C=O) groups is 1. The fourth-order valence-electron chi connectivity index (χ4n) is 3.36. The Morgan fingerprint density at radius 2 is 1.11 bits per heavy atom. The number of aliphatic hydroxyl groups excluding tert-OH is 2. The van der Waals surface area contributed by atoms with Crippen molar-refractivity contribution in [2.75, 3.05) is 26.4 Å². The lowest BCUT2D eigenvalue weighted by Crippen LogP contribution is -2.42. The van der Waals surface area contributed by atoms with Crippen LogP contribution in [0.3, 0.4) is 0 Å². The lowest BCUT2D eigenvalue weighted by atomic mass is 10.0. The Bertz CT molecular complexity index is 314. The Labute approximate surface area is 167 Å². The molecule has 0 atom stereocenters. The van der Waals surface area contributed by atoms with Gasteiger partial charge < -0.3 is 20.4 Å². The van der Waals surface area contributed by atoms with Crippen molar-refractivity contribution in [3.8, 4) is 0 Å². The molecule has 0 unspecified atom stereocenters. The van der Waals surface area contributed by atoms with Crippen LogP contribution >= 0.6 is 0 Å². The second-order valence-corrected chi connectivity index (χ2v) is 7.66. The Hall–Kier alpha value is -0.810. The number of unbranched alkanes of at least 4 members (excludes halogenated alkanes) is 15. The van der Waals surface area contributed by atoms with Crippen molar-refractivity contribution in [1.29, 1.82) is 0 Å². The highest BCUT2D eigenvalue weighted by Crippen LogP contribution is 2.13. The first kappa shape index (κ1) is 26.2. The summed E-state index contributed by atoms with van der Waals surface area (Å²) in [5.74, 6) is 0. The zero-order valence-corrected chi connectivity index (χ0v) is 17.9. The first-order valence-electron chi connectivity index (χ1n) is 11.5. The van der Waals surface area contributed by atoms with Crippen molar-refractivity contribution < 1.29 is 15.0 Å². The third-order valence-electron chi connectivity index (χ3n) is 5.13. The van der Waals surface area contributed by atoms with Crippen molar-refractivity contribution >= 4 is 6.03 Å². The molecule has 0 aliphatic rings. The van der Waals surface area contributed by atoms with Gasteiger partial charge in [-0.15, -0.1) is 0 Å². The van der Waals surface area contributed by atoms with Crippen LogP contribution in [-0.4, -0.2) is 47.6 Å². The number of nitrogens with zero attached hydrogens (tertiary/aromatic N) is 1. The maximum atomic E-state index is 11.7. The summed E-state index contributed by atoms with van der Waals surface area (Å²) in [4.78, 5) is 13.1. The summed E-state index contributed by atoms with van der Waals surface area (Å²) in [5.41, 5.74) is 0. The maximum Gasteiger partial charge on any atom is 0.319 e. The van der Waals surface area contributed by atoms with Crippen LogP contribution in [0.15, 0.2) is 0 Å². The molecule has 0 heterocycles. The number of nitrogens with one attached hydrogen (secondary N) is 1. The van der Waals surface area contributed by atoms with E-state index < -0.39 is 0 Å². The predicted molar refractivity (Wildman–Crippen MR) is 114 cm³/mol. The van der Waals surface area contributed by atoms with Gasteiger partial charge in [0.15, 0.2) is 0 Å². The van der Waals surface area contributed by atoms with Gasteiger partial charge in [0.2, 0.25) is 0 Å². The summed E-state index contributed by atoms with van der Waals surface area (Å²) in [6, 6.07) is -0.299. The fraction of sp³-hybridized carbons (Fsp3) is 0.955. The number of carbonyl (C=O) groups excluding carboxylic acids is 1. The Balaban J connectivity index is 3.27. The first-order valence-corrected chi connectivity index (χ1v) is 11.5. The Kier molecular flexibility index (Phi) is 20.8. The van der Waals surface area contributed by atoms with E-state index in [4.69, 9.17) is 5.11 Å². The number of hydrogen-bond donors (Lipinski definition) is 3. The van der Waals surface area contributed by atoms with Gasteiger partial charge in [-0.2, -0.15) is 0 Å². The highest BCUT2D eigenvalue weighted by atomic mass is 16.3. The lowest BCUT2D eigenvalue weighted by Gasteiger charge is -2.20. The maximum absolute atomic E-state index is 11.7. The smallest absolute Gasteiger partial charge is 0.319 e. The molecular formula is C22H46N2O3. The van der Waals surface area contributed by atoms with E-state index in [0.29, 0.717) is 6.54 Å². The van der Waals surface area contributed by atoms with Gasteiger partial charge in [0, 0.05) is 13.1 Å².